The summed E-state index contributed by atoms with van der Waals surface area (Å²) in [5, 5.41) is 8.75. The van der Waals surface area contributed by atoms with E-state index in [4.69, 9.17) is 13.7 Å². The third kappa shape index (κ3) is 6.45. The van der Waals surface area contributed by atoms with Gasteiger partial charge in [-0.25, -0.2) is 18.6 Å². The standard InChI is InChI=1S/C28H32F5N5O5/c1-14(2)22-17(12-42-37-22)24(39)36-23(15-6-8-27(29,30)9-7-15)25-34-18-10-16(4-5-20(18)43-25)19(13-41-3)38-11-21(28(31,32)33)35-26(38)40/h4-5,10,12,14-15,19,21,23H,6-9,11,13H2,1-3H3,(H,35,40)(H,36,39). The first-order valence-corrected chi connectivity index (χ1v) is 13.9. The number of rotatable bonds is 9. The zero-order valence-corrected chi connectivity index (χ0v) is 23.7. The van der Waals surface area contributed by atoms with Gasteiger partial charge in [0.05, 0.1) is 24.9 Å². The predicted octanol–water partition coefficient (Wildman–Crippen LogP) is 5.88. The van der Waals surface area contributed by atoms with Gasteiger partial charge in [0.2, 0.25) is 11.8 Å². The van der Waals surface area contributed by atoms with E-state index < -0.39 is 54.6 Å². The summed E-state index contributed by atoms with van der Waals surface area (Å²) in [6.07, 6.45) is -3.87. The fourth-order valence-electron chi connectivity index (χ4n) is 5.67. The van der Waals surface area contributed by atoms with Crippen LogP contribution in [0.1, 0.15) is 85.0 Å². The van der Waals surface area contributed by atoms with Crippen LogP contribution in [-0.2, 0) is 4.74 Å². The van der Waals surface area contributed by atoms with E-state index >= 15 is 0 Å². The highest BCUT2D eigenvalue weighted by Crippen LogP contribution is 2.42. The molecule has 1 aromatic carbocycles. The molecule has 2 aliphatic rings. The van der Waals surface area contributed by atoms with E-state index in [9.17, 15) is 31.5 Å². The molecule has 2 fully saturated rings. The molecule has 1 aliphatic heterocycles. The molecular weight excluding hydrogens is 581 g/mol. The summed E-state index contributed by atoms with van der Waals surface area (Å²) >= 11 is 0. The van der Waals surface area contributed by atoms with Crippen LogP contribution in [-0.4, -0.2) is 65.4 Å². The second-order valence-electron chi connectivity index (χ2n) is 11.4. The number of fused-ring (bicyclic) bond motifs is 1. The molecule has 3 unspecified atom stereocenters. The summed E-state index contributed by atoms with van der Waals surface area (Å²) in [5.74, 6) is -3.75. The van der Waals surface area contributed by atoms with Crippen molar-refractivity contribution in [2.75, 3.05) is 20.3 Å². The highest BCUT2D eigenvalue weighted by Gasteiger charge is 2.48. The summed E-state index contributed by atoms with van der Waals surface area (Å²) in [6.45, 7) is 3.01. The second-order valence-corrected chi connectivity index (χ2v) is 11.4. The van der Waals surface area contributed by atoms with Gasteiger partial charge in [0, 0.05) is 20.0 Å². The molecule has 3 atom stereocenters. The minimum absolute atomic E-state index is 0.0832. The van der Waals surface area contributed by atoms with Crippen LogP contribution in [0.2, 0.25) is 0 Å². The fraction of sp³-hybridized carbons (Fsp3) is 0.571. The van der Waals surface area contributed by atoms with Crippen LogP contribution in [0.3, 0.4) is 0 Å². The minimum atomic E-state index is -4.61. The van der Waals surface area contributed by atoms with Crippen molar-refractivity contribution in [3.8, 4) is 0 Å². The number of nitrogens with one attached hydrogen (secondary N) is 2. The summed E-state index contributed by atoms with van der Waals surface area (Å²) in [5.41, 5.74) is 1.73. The van der Waals surface area contributed by atoms with Gasteiger partial charge >= 0.3 is 12.2 Å². The molecule has 3 heterocycles. The van der Waals surface area contributed by atoms with Crippen molar-refractivity contribution in [1.82, 2.24) is 25.7 Å². The van der Waals surface area contributed by atoms with Crippen molar-refractivity contribution in [3.63, 3.8) is 0 Å². The summed E-state index contributed by atoms with van der Waals surface area (Å²) in [7, 11) is 1.37. The molecule has 234 valence electrons. The molecular formula is C28H32F5N5O5. The molecule has 5 rings (SSSR count). The van der Waals surface area contributed by atoms with Gasteiger partial charge in [-0.2, -0.15) is 13.2 Å². The van der Waals surface area contributed by atoms with Crippen molar-refractivity contribution in [2.24, 2.45) is 5.92 Å². The normalized spacial score (nSPS) is 20.9. The number of alkyl halides is 5. The Labute approximate surface area is 243 Å². The predicted molar refractivity (Wildman–Crippen MR) is 141 cm³/mol. The number of nitrogens with zero attached hydrogens (tertiary/aromatic N) is 3. The number of carbonyl (C=O) groups excluding carboxylic acids is 2. The Balaban J connectivity index is 1.46. The van der Waals surface area contributed by atoms with Crippen molar-refractivity contribution in [2.45, 2.75) is 75.7 Å². The highest BCUT2D eigenvalue weighted by atomic mass is 19.4. The number of amides is 3. The van der Waals surface area contributed by atoms with Gasteiger partial charge in [0.25, 0.3) is 5.91 Å². The van der Waals surface area contributed by atoms with Crippen LogP contribution >= 0.6 is 0 Å². The van der Waals surface area contributed by atoms with Gasteiger partial charge < -0.3 is 29.2 Å². The topological polar surface area (TPSA) is 123 Å². The number of benzene rings is 1. The molecule has 10 nitrogen and oxygen atoms in total. The summed E-state index contributed by atoms with van der Waals surface area (Å²) in [4.78, 5) is 31.4. The number of aromatic nitrogens is 2. The van der Waals surface area contributed by atoms with E-state index in [1.165, 1.54) is 13.4 Å². The zero-order chi connectivity index (χ0) is 31.1. The lowest BCUT2D eigenvalue weighted by Gasteiger charge is -2.32. The number of hydrogen-bond acceptors (Lipinski definition) is 7. The molecule has 43 heavy (non-hydrogen) atoms. The number of methoxy groups -OCH3 is 1. The van der Waals surface area contributed by atoms with Crippen molar-refractivity contribution >= 4 is 23.0 Å². The first kappa shape index (κ1) is 30.7. The fourth-order valence-corrected chi connectivity index (χ4v) is 5.67. The van der Waals surface area contributed by atoms with Crippen molar-refractivity contribution < 1.29 is 45.2 Å². The number of carbonyl (C=O) groups is 2. The largest absolute Gasteiger partial charge is 0.438 e. The Kier molecular flexibility index (Phi) is 8.38. The lowest BCUT2D eigenvalue weighted by atomic mass is 9.81. The maximum atomic E-state index is 14.0. The molecule has 3 aromatic rings. The average molecular weight is 614 g/mol. The van der Waals surface area contributed by atoms with Gasteiger partial charge in [0.15, 0.2) is 5.58 Å². The Morgan fingerprint density at radius 1 is 1.26 bits per heavy atom. The van der Waals surface area contributed by atoms with Crippen molar-refractivity contribution in [1.29, 1.82) is 0 Å². The van der Waals surface area contributed by atoms with Gasteiger partial charge in [-0.1, -0.05) is 25.1 Å². The lowest BCUT2D eigenvalue weighted by Crippen LogP contribution is -2.40. The van der Waals surface area contributed by atoms with Crippen LogP contribution < -0.4 is 10.6 Å². The number of hydrogen-bond donors (Lipinski definition) is 2. The molecule has 0 bridgehead atoms. The molecule has 2 aromatic heterocycles. The minimum Gasteiger partial charge on any atom is -0.438 e. The Bertz CT molecular complexity index is 1460. The third-order valence-corrected chi connectivity index (χ3v) is 8.02. The number of urea groups is 1. The van der Waals surface area contributed by atoms with E-state index in [2.05, 4.69) is 15.5 Å². The monoisotopic (exact) mass is 613 g/mol. The molecule has 1 saturated carbocycles. The first-order valence-electron chi connectivity index (χ1n) is 13.9. The Morgan fingerprint density at radius 3 is 2.60 bits per heavy atom. The van der Waals surface area contributed by atoms with E-state index in [0.29, 0.717) is 22.4 Å². The molecule has 1 aliphatic carbocycles. The van der Waals surface area contributed by atoms with Crippen LogP contribution in [0.4, 0.5) is 26.7 Å². The van der Waals surface area contributed by atoms with Crippen LogP contribution in [0.15, 0.2) is 33.4 Å². The number of halogens is 5. The van der Waals surface area contributed by atoms with Crippen molar-refractivity contribution in [3.05, 3.63) is 47.2 Å². The molecule has 0 radical (unpaired) electrons. The van der Waals surface area contributed by atoms with Gasteiger partial charge in [-0.3, -0.25) is 4.79 Å². The van der Waals surface area contributed by atoms with E-state index in [-0.39, 0.29) is 49.7 Å². The molecule has 15 heteroatoms. The van der Waals surface area contributed by atoms with Gasteiger partial charge in [0.1, 0.15) is 29.4 Å². The smallest absolute Gasteiger partial charge is 0.410 e. The Hall–Kier alpha value is -3.75. The van der Waals surface area contributed by atoms with E-state index in [1.54, 1.807) is 18.2 Å². The molecule has 2 N–H and O–H groups in total. The number of ether oxygens (including phenoxy) is 1. The van der Waals surface area contributed by atoms with Gasteiger partial charge in [-0.15, -0.1) is 0 Å². The highest BCUT2D eigenvalue weighted by molar-refractivity contribution is 5.95. The molecule has 0 spiro atoms. The Morgan fingerprint density at radius 2 is 1.98 bits per heavy atom. The van der Waals surface area contributed by atoms with E-state index in [0.717, 1.165) is 4.90 Å². The first-order chi connectivity index (χ1) is 20.3. The zero-order valence-electron chi connectivity index (χ0n) is 23.7. The van der Waals surface area contributed by atoms with Crippen LogP contribution in [0.5, 0.6) is 0 Å². The van der Waals surface area contributed by atoms with E-state index in [1.807, 2.05) is 19.2 Å². The van der Waals surface area contributed by atoms with Gasteiger partial charge in [-0.05, 0) is 42.4 Å². The second kappa shape index (κ2) is 11.7. The third-order valence-electron chi connectivity index (χ3n) is 8.02. The quantitative estimate of drug-likeness (QED) is 0.289. The summed E-state index contributed by atoms with van der Waals surface area (Å²) in [6, 6.07) is 0.111. The maximum absolute atomic E-state index is 14.0. The maximum Gasteiger partial charge on any atom is 0.410 e. The lowest BCUT2D eigenvalue weighted by molar-refractivity contribution is -0.150. The summed E-state index contributed by atoms with van der Waals surface area (Å²) < 4.78 is 84.2. The average Bonchev–Trinajstić information content (AvgIpc) is 3.68. The SMILES string of the molecule is COCC(c1ccc2oc(C(NC(=O)c3conc3C(C)C)C3CCC(F)(F)CC3)nc2c1)N1CC(C(F)(F)F)NC1=O. The number of oxazole rings is 1. The molecule has 3 amide bonds. The van der Waals surface area contributed by atoms with Crippen LogP contribution in [0.25, 0.3) is 11.1 Å². The van der Waals surface area contributed by atoms with Crippen LogP contribution in [0, 0.1) is 5.92 Å². The molecule has 1 saturated heterocycles.